The first kappa shape index (κ1) is 14.4. The predicted octanol–water partition coefficient (Wildman–Crippen LogP) is 2.85. The summed E-state index contributed by atoms with van der Waals surface area (Å²) in [5.74, 6) is 0.151. The van der Waals surface area contributed by atoms with Gasteiger partial charge in [0.25, 0.3) is 0 Å². The molecule has 0 aliphatic carbocycles. The van der Waals surface area contributed by atoms with Crippen molar-refractivity contribution in [3.8, 4) is 0 Å². The summed E-state index contributed by atoms with van der Waals surface area (Å²) in [6.07, 6.45) is 4.06. The maximum absolute atomic E-state index is 11.9. The van der Waals surface area contributed by atoms with Crippen molar-refractivity contribution in [1.82, 2.24) is 4.90 Å². The first-order chi connectivity index (χ1) is 9.10. The van der Waals surface area contributed by atoms with Crippen LogP contribution >= 0.6 is 23.2 Å². The number of halogens is 2. The number of aliphatic hydroxyl groups is 1. The van der Waals surface area contributed by atoms with Gasteiger partial charge in [0.05, 0.1) is 0 Å². The van der Waals surface area contributed by atoms with Crippen LogP contribution in [0.4, 0.5) is 0 Å². The fourth-order valence-electron chi connectivity index (χ4n) is 2.08. The Kier molecular flexibility index (Phi) is 4.86. The molecule has 3 nitrogen and oxygen atoms in total. The molecule has 1 atom stereocenters. The van der Waals surface area contributed by atoms with Crippen LogP contribution in [-0.2, 0) is 4.79 Å². The number of aliphatic hydroxyl groups excluding tert-OH is 1. The lowest BCUT2D eigenvalue weighted by atomic mass is 10.1. The molecule has 1 unspecified atom stereocenters. The number of nitrogens with zero attached hydrogens (tertiary/aromatic N) is 1. The van der Waals surface area contributed by atoms with E-state index in [1.807, 2.05) is 0 Å². The quantitative estimate of drug-likeness (QED) is 0.872. The summed E-state index contributed by atoms with van der Waals surface area (Å²) >= 11 is 11.8. The van der Waals surface area contributed by atoms with E-state index in [1.54, 1.807) is 29.2 Å². The second-order valence-corrected chi connectivity index (χ2v) is 5.46. The highest BCUT2D eigenvalue weighted by molar-refractivity contribution is 6.35. The predicted molar refractivity (Wildman–Crippen MR) is 77.3 cm³/mol. The fraction of sp³-hybridized carbons (Fsp3) is 0.357. The van der Waals surface area contributed by atoms with Gasteiger partial charge in [-0.3, -0.25) is 4.79 Å². The van der Waals surface area contributed by atoms with E-state index in [2.05, 4.69) is 0 Å². The van der Waals surface area contributed by atoms with Crippen LogP contribution in [0.1, 0.15) is 12.0 Å². The summed E-state index contributed by atoms with van der Waals surface area (Å²) < 4.78 is 0. The van der Waals surface area contributed by atoms with Gasteiger partial charge >= 0.3 is 0 Å². The molecule has 1 N–H and O–H groups in total. The highest BCUT2D eigenvalue weighted by Crippen LogP contribution is 2.22. The SMILES string of the molecule is O=C(/C=C/c1ccc(Cl)cc1Cl)N1CCC(CO)C1. The molecule has 102 valence electrons. The number of amides is 1. The lowest BCUT2D eigenvalue weighted by Crippen LogP contribution is -2.27. The minimum atomic E-state index is -0.0537. The molecule has 19 heavy (non-hydrogen) atoms. The molecule has 1 saturated heterocycles. The lowest BCUT2D eigenvalue weighted by molar-refractivity contribution is -0.125. The van der Waals surface area contributed by atoms with E-state index in [1.165, 1.54) is 6.08 Å². The van der Waals surface area contributed by atoms with Gasteiger partial charge in [-0.05, 0) is 30.2 Å². The van der Waals surface area contributed by atoms with Crippen LogP contribution in [0, 0.1) is 5.92 Å². The van der Waals surface area contributed by atoms with E-state index >= 15 is 0 Å². The third-order valence-corrected chi connectivity index (χ3v) is 3.79. The number of carbonyl (C=O) groups excluding carboxylic acids is 1. The van der Waals surface area contributed by atoms with Crippen molar-refractivity contribution < 1.29 is 9.90 Å². The van der Waals surface area contributed by atoms with Gasteiger partial charge in [-0.1, -0.05) is 29.3 Å². The molecular formula is C14H15Cl2NO2. The van der Waals surface area contributed by atoms with E-state index in [4.69, 9.17) is 28.3 Å². The molecule has 0 radical (unpaired) electrons. The summed E-state index contributed by atoms with van der Waals surface area (Å²) in [4.78, 5) is 13.7. The second kappa shape index (κ2) is 6.42. The number of hydrogen-bond acceptors (Lipinski definition) is 2. The van der Waals surface area contributed by atoms with Crippen LogP contribution < -0.4 is 0 Å². The first-order valence-corrected chi connectivity index (χ1v) is 6.88. The van der Waals surface area contributed by atoms with Crippen molar-refractivity contribution >= 4 is 35.2 Å². The smallest absolute Gasteiger partial charge is 0.246 e. The molecule has 0 saturated carbocycles. The van der Waals surface area contributed by atoms with Crippen molar-refractivity contribution in [3.05, 3.63) is 39.9 Å². The van der Waals surface area contributed by atoms with Crippen molar-refractivity contribution in [1.29, 1.82) is 0 Å². The molecule has 1 aliphatic heterocycles. The molecule has 1 aliphatic rings. The van der Waals surface area contributed by atoms with E-state index in [9.17, 15) is 4.79 Å². The number of rotatable bonds is 3. The molecule has 0 bridgehead atoms. The maximum atomic E-state index is 11.9. The molecular weight excluding hydrogens is 285 g/mol. The van der Waals surface area contributed by atoms with E-state index < -0.39 is 0 Å². The average molecular weight is 300 g/mol. The van der Waals surface area contributed by atoms with E-state index in [0.29, 0.717) is 23.1 Å². The maximum Gasteiger partial charge on any atom is 0.246 e. The third kappa shape index (κ3) is 3.72. The highest BCUT2D eigenvalue weighted by Gasteiger charge is 2.24. The Morgan fingerprint density at radius 3 is 2.89 bits per heavy atom. The van der Waals surface area contributed by atoms with Crippen LogP contribution in [0.2, 0.25) is 10.0 Å². The van der Waals surface area contributed by atoms with Gasteiger partial charge in [0, 0.05) is 41.7 Å². The normalized spacial score (nSPS) is 19.3. The lowest BCUT2D eigenvalue weighted by Gasteiger charge is -2.13. The van der Waals surface area contributed by atoms with Crippen molar-refractivity contribution in [2.45, 2.75) is 6.42 Å². The Morgan fingerprint density at radius 1 is 1.47 bits per heavy atom. The van der Waals surface area contributed by atoms with Gasteiger partial charge in [0.1, 0.15) is 0 Å². The molecule has 0 spiro atoms. The molecule has 0 aromatic heterocycles. The van der Waals surface area contributed by atoms with Crippen LogP contribution in [0.3, 0.4) is 0 Å². The summed E-state index contributed by atoms with van der Waals surface area (Å²) in [7, 11) is 0. The molecule has 1 fully saturated rings. The van der Waals surface area contributed by atoms with Gasteiger partial charge < -0.3 is 10.0 Å². The van der Waals surface area contributed by atoms with Gasteiger partial charge in [0.2, 0.25) is 5.91 Å². The zero-order valence-electron chi connectivity index (χ0n) is 10.4. The Hall–Kier alpha value is -1.03. The summed E-state index contributed by atoms with van der Waals surface area (Å²) in [6, 6.07) is 5.15. The average Bonchev–Trinajstić information content (AvgIpc) is 2.86. The van der Waals surface area contributed by atoms with E-state index in [0.717, 1.165) is 12.0 Å². The number of hydrogen-bond donors (Lipinski definition) is 1. The standard InChI is InChI=1S/C14H15Cl2NO2/c15-12-3-1-11(13(16)7-12)2-4-14(19)17-6-5-10(8-17)9-18/h1-4,7,10,18H,5-6,8-9H2/b4-2+. The minimum absolute atomic E-state index is 0.0537. The van der Waals surface area contributed by atoms with Crippen molar-refractivity contribution in [2.24, 2.45) is 5.92 Å². The molecule has 1 aromatic rings. The molecule has 5 heteroatoms. The monoisotopic (exact) mass is 299 g/mol. The van der Waals surface area contributed by atoms with Crippen molar-refractivity contribution in [2.75, 3.05) is 19.7 Å². The Bertz CT molecular complexity index is 502. The minimum Gasteiger partial charge on any atom is -0.396 e. The number of benzene rings is 1. The zero-order valence-corrected chi connectivity index (χ0v) is 11.9. The van der Waals surface area contributed by atoms with Crippen LogP contribution in [0.15, 0.2) is 24.3 Å². The molecule has 2 rings (SSSR count). The van der Waals surface area contributed by atoms with Gasteiger partial charge in [-0.15, -0.1) is 0 Å². The topological polar surface area (TPSA) is 40.5 Å². The van der Waals surface area contributed by atoms with Crippen molar-refractivity contribution in [3.63, 3.8) is 0 Å². The zero-order chi connectivity index (χ0) is 13.8. The summed E-state index contributed by atoms with van der Waals surface area (Å²) in [5.41, 5.74) is 0.761. The first-order valence-electron chi connectivity index (χ1n) is 6.13. The summed E-state index contributed by atoms with van der Waals surface area (Å²) in [5, 5.41) is 10.1. The number of carbonyl (C=O) groups is 1. The Labute approximate surface area is 122 Å². The van der Waals surface area contributed by atoms with Crippen LogP contribution in [0.5, 0.6) is 0 Å². The Morgan fingerprint density at radius 2 is 2.26 bits per heavy atom. The van der Waals surface area contributed by atoms with Gasteiger partial charge in [0.15, 0.2) is 0 Å². The largest absolute Gasteiger partial charge is 0.396 e. The molecule has 1 amide bonds. The third-order valence-electron chi connectivity index (χ3n) is 3.22. The second-order valence-electron chi connectivity index (χ2n) is 4.62. The molecule has 1 aromatic carbocycles. The van der Waals surface area contributed by atoms with Crippen LogP contribution in [-0.4, -0.2) is 35.6 Å². The van der Waals surface area contributed by atoms with E-state index in [-0.39, 0.29) is 18.4 Å². The van der Waals surface area contributed by atoms with Crippen LogP contribution in [0.25, 0.3) is 6.08 Å². The molecule has 1 heterocycles. The fourth-order valence-corrected chi connectivity index (χ4v) is 2.56. The Balaban J connectivity index is 2.00. The van der Waals surface area contributed by atoms with Gasteiger partial charge in [-0.2, -0.15) is 0 Å². The highest BCUT2D eigenvalue weighted by atomic mass is 35.5. The summed E-state index contributed by atoms with van der Waals surface area (Å²) in [6.45, 7) is 1.45. The van der Waals surface area contributed by atoms with Gasteiger partial charge in [-0.25, -0.2) is 0 Å². The number of likely N-dealkylation sites (tertiary alicyclic amines) is 1.